The lowest BCUT2D eigenvalue weighted by atomic mass is 9.92. The second-order valence-electron chi connectivity index (χ2n) is 7.94. The summed E-state index contributed by atoms with van der Waals surface area (Å²) in [6.45, 7) is 3.90. The summed E-state index contributed by atoms with van der Waals surface area (Å²) >= 11 is 6.45. The van der Waals surface area contributed by atoms with E-state index in [1.54, 1.807) is 12.1 Å². The summed E-state index contributed by atoms with van der Waals surface area (Å²) in [5, 5.41) is 11.6. The lowest BCUT2D eigenvalue weighted by molar-refractivity contribution is -0.128. The van der Waals surface area contributed by atoms with Crippen LogP contribution in [0.1, 0.15) is 48.3 Å². The summed E-state index contributed by atoms with van der Waals surface area (Å²) in [6, 6.07) is 3.35. The third-order valence-electron chi connectivity index (χ3n) is 5.70. The molecule has 0 aliphatic carbocycles. The molecule has 4 rings (SSSR count). The zero-order valence-electron chi connectivity index (χ0n) is 17.3. The Morgan fingerprint density at radius 2 is 2.16 bits per heavy atom. The summed E-state index contributed by atoms with van der Waals surface area (Å²) < 4.78 is 33.6. The Morgan fingerprint density at radius 3 is 2.84 bits per heavy atom. The van der Waals surface area contributed by atoms with Gasteiger partial charge in [0, 0.05) is 37.1 Å². The minimum atomic E-state index is -2.69. The van der Waals surface area contributed by atoms with Crippen LogP contribution < -0.4 is 10.1 Å². The maximum Gasteiger partial charge on any atom is 0.282 e. The van der Waals surface area contributed by atoms with Crippen LogP contribution in [0.4, 0.5) is 8.78 Å². The summed E-state index contributed by atoms with van der Waals surface area (Å²) in [7, 11) is 1.43. The fourth-order valence-corrected chi connectivity index (χ4v) is 4.56. The average Bonchev–Trinajstić information content (AvgIpc) is 3.22. The van der Waals surface area contributed by atoms with Crippen molar-refractivity contribution in [3.05, 3.63) is 39.7 Å². The highest BCUT2D eigenvalue weighted by Gasteiger charge is 2.33. The Hall–Kier alpha value is -1.97. The largest absolute Gasteiger partial charge is 0.487 e. The number of rotatable bonds is 6. The van der Waals surface area contributed by atoms with E-state index >= 15 is 0 Å². The molecule has 11 heteroatoms. The van der Waals surface area contributed by atoms with Gasteiger partial charge in [-0.1, -0.05) is 23.7 Å². The van der Waals surface area contributed by atoms with Crippen molar-refractivity contribution in [1.29, 1.82) is 0 Å². The number of nitrogens with zero attached hydrogens (tertiary/aromatic N) is 4. The number of aryl methyl sites for hydroxylation is 1. The second kappa shape index (κ2) is 9.67. The van der Waals surface area contributed by atoms with Crippen LogP contribution in [0.15, 0.2) is 12.1 Å². The number of halogens is 4. The highest BCUT2D eigenvalue weighted by Crippen LogP contribution is 2.38. The summed E-state index contributed by atoms with van der Waals surface area (Å²) in [4.78, 5) is 14.1. The number of benzene rings is 1. The summed E-state index contributed by atoms with van der Waals surface area (Å²) in [5.74, 6) is 1.03. The molecule has 31 heavy (non-hydrogen) atoms. The molecule has 1 unspecified atom stereocenters. The third-order valence-corrected chi connectivity index (χ3v) is 6.05. The molecule has 2 aliphatic rings. The van der Waals surface area contributed by atoms with Gasteiger partial charge in [0.1, 0.15) is 23.7 Å². The van der Waals surface area contributed by atoms with E-state index in [-0.39, 0.29) is 42.4 Å². The number of nitrogens with one attached hydrogen (secondary N) is 1. The monoisotopic (exact) mass is 475 g/mol. The van der Waals surface area contributed by atoms with E-state index in [1.807, 2.05) is 4.90 Å². The van der Waals surface area contributed by atoms with Crippen LogP contribution in [-0.4, -0.2) is 45.4 Å². The second-order valence-corrected chi connectivity index (χ2v) is 8.34. The molecule has 1 aromatic heterocycles. The van der Waals surface area contributed by atoms with Crippen molar-refractivity contribution in [3.63, 3.8) is 0 Å². The van der Waals surface area contributed by atoms with E-state index < -0.39 is 6.43 Å². The number of likely N-dealkylation sites (tertiary alicyclic amines) is 1. The van der Waals surface area contributed by atoms with Gasteiger partial charge in [0.25, 0.3) is 6.43 Å². The number of aromatic nitrogens is 3. The van der Waals surface area contributed by atoms with Crippen LogP contribution in [0.3, 0.4) is 0 Å². The molecule has 0 spiro atoms. The first-order chi connectivity index (χ1) is 14.3. The number of carbonyl (C=O) groups excluding carboxylic acids is 1. The topological polar surface area (TPSA) is 72.3 Å². The van der Waals surface area contributed by atoms with Crippen molar-refractivity contribution >= 4 is 29.9 Å². The first kappa shape index (κ1) is 23.7. The lowest BCUT2D eigenvalue weighted by Crippen LogP contribution is -2.40. The highest BCUT2D eigenvalue weighted by atomic mass is 35.5. The SMILES string of the molecule is CC1CC(=O)N(C[C@H]2NCCc3c(Cl)ccc(OCc4nnn(C)c4C(F)F)c32)C1.Cl. The lowest BCUT2D eigenvalue weighted by Gasteiger charge is -2.32. The minimum Gasteiger partial charge on any atom is -0.487 e. The molecule has 2 atom stereocenters. The maximum absolute atomic E-state index is 13.3. The normalized spacial score (nSPS) is 20.7. The Morgan fingerprint density at radius 1 is 1.39 bits per heavy atom. The van der Waals surface area contributed by atoms with Gasteiger partial charge in [-0.2, -0.15) is 0 Å². The first-order valence-electron chi connectivity index (χ1n) is 9.97. The van der Waals surface area contributed by atoms with Crippen molar-refractivity contribution in [1.82, 2.24) is 25.2 Å². The molecular weight excluding hydrogens is 451 g/mol. The van der Waals surface area contributed by atoms with Gasteiger partial charge in [-0.15, -0.1) is 17.5 Å². The van der Waals surface area contributed by atoms with E-state index in [9.17, 15) is 13.6 Å². The van der Waals surface area contributed by atoms with Crippen LogP contribution in [0.25, 0.3) is 0 Å². The molecule has 0 saturated carbocycles. The quantitative estimate of drug-likeness (QED) is 0.692. The fraction of sp³-hybridized carbons (Fsp3) is 0.550. The number of carbonyl (C=O) groups is 1. The molecule has 2 aliphatic heterocycles. The Labute approximate surface area is 190 Å². The van der Waals surface area contributed by atoms with Crippen molar-refractivity contribution < 1.29 is 18.3 Å². The fourth-order valence-electron chi connectivity index (χ4n) is 4.30. The van der Waals surface area contributed by atoms with Crippen LogP contribution in [0, 0.1) is 5.92 Å². The molecule has 3 heterocycles. The van der Waals surface area contributed by atoms with Gasteiger partial charge < -0.3 is 15.0 Å². The van der Waals surface area contributed by atoms with Crippen LogP contribution in [-0.2, 0) is 24.9 Å². The highest BCUT2D eigenvalue weighted by molar-refractivity contribution is 6.31. The number of amides is 1. The smallest absolute Gasteiger partial charge is 0.282 e. The molecule has 2 aromatic rings. The first-order valence-corrected chi connectivity index (χ1v) is 10.3. The molecule has 1 fully saturated rings. The van der Waals surface area contributed by atoms with E-state index in [0.29, 0.717) is 29.7 Å². The van der Waals surface area contributed by atoms with E-state index in [1.165, 1.54) is 7.05 Å². The van der Waals surface area contributed by atoms with Crippen LogP contribution in [0.2, 0.25) is 5.02 Å². The van der Waals surface area contributed by atoms with Gasteiger partial charge in [-0.3, -0.25) is 4.79 Å². The molecular formula is C20H25Cl2F2N5O2. The minimum absolute atomic E-state index is 0. The van der Waals surface area contributed by atoms with Gasteiger partial charge in [0.2, 0.25) is 5.91 Å². The molecule has 7 nitrogen and oxygen atoms in total. The zero-order valence-corrected chi connectivity index (χ0v) is 18.8. The molecule has 0 bridgehead atoms. The third kappa shape index (κ3) is 4.78. The van der Waals surface area contributed by atoms with Gasteiger partial charge in [0.15, 0.2) is 0 Å². The van der Waals surface area contributed by atoms with E-state index in [4.69, 9.17) is 16.3 Å². The standard InChI is InChI=1S/C20H24ClF2N5O2.ClH/c1-11-7-17(29)28(8-11)9-14-18-12(5-6-24-14)13(21)3-4-16(18)30-10-15-19(20(22)23)27(2)26-25-15;/h3-4,11,14,20,24H,5-10H2,1-2H3;1H/t11?,14-;/m1./s1. The number of fused-ring (bicyclic) bond motifs is 1. The van der Waals surface area contributed by atoms with Crippen LogP contribution in [0.5, 0.6) is 5.75 Å². The zero-order chi connectivity index (χ0) is 21.4. The average molecular weight is 476 g/mol. The Bertz CT molecular complexity index is 956. The van der Waals surface area contributed by atoms with E-state index in [2.05, 4.69) is 22.6 Å². The summed E-state index contributed by atoms with van der Waals surface area (Å²) in [5.41, 5.74) is 1.68. The Balaban J connectivity index is 0.00000272. The molecule has 170 valence electrons. The number of ether oxygens (including phenoxy) is 1. The van der Waals surface area contributed by atoms with Gasteiger partial charge >= 0.3 is 0 Å². The van der Waals surface area contributed by atoms with Gasteiger partial charge in [0.05, 0.1) is 6.04 Å². The molecule has 1 aromatic carbocycles. The predicted octanol–water partition coefficient (Wildman–Crippen LogP) is 3.46. The van der Waals surface area contributed by atoms with Gasteiger partial charge in [-0.05, 0) is 36.6 Å². The van der Waals surface area contributed by atoms with Crippen molar-refractivity contribution in [2.24, 2.45) is 13.0 Å². The number of hydrogen-bond donors (Lipinski definition) is 1. The maximum atomic E-state index is 13.3. The Kier molecular flexibility index (Phi) is 7.39. The predicted molar refractivity (Wildman–Crippen MR) is 114 cm³/mol. The van der Waals surface area contributed by atoms with Crippen molar-refractivity contribution in [2.45, 2.75) is 38.8 Å². The van der Waals surface area contributed by atoms with Crippen molar-refractivity contribution in [2.75, 3.05) is 19.6 Å². The number of hydrogen-bond acceptors (Lipinski definition) is 5. The molecule has 1 N–H and O–H groups in total. The van der Waals surface area contributed by atoms with Crippen LogP contribution >= 0.6 is 24.0 Å². The summed E-state index contributed by atoms with van der Waals surface area (Å²) in [6.07, 6.45) is -1.42. The molecule has 1 amide bonds. The van der Waals surface area contributed by atoms with E-state index in [0.717, 1.165) is 35.3 Å². The van der Waals surface area contributed by atoms with Gasteiger partial charge in [-0.25, -0.2) is 13.5 Å². The molecule has 1 saturated heterocycles. The number of alkyl halides is 2. The molecule has 0 radical (unpaired) electrons. The van der Waals surface area contributed by atoms with Crippen molar-refractivity contribution in [3.8, 4) is 5.75 Å².